The van der Waals surface area contributed by atoms with Gasteiger partial charge >= 0.3 is 0 Å². The van der Waals surface area contributed by atoms with Crippen molar-refractivity contribution in [2.75, 3.05) is 13.2 Å². The second-order valence-corrected chi connectivity index (χ2v) is 6.41. The van der Waals surface area contributed by atoms with Gasteiger partial charge < -0.3 is 14.6 Å². The van der Waals surface area contributed by atoms with Gasteiger partial charge in [-0.2, -0.15) is 0 Å². The van der Waals surface area contributed by atoms with Gasteiger partial charge in [0.1, 0.15) is 0 Å². The summed E-state index contributed by atoms with van der Waals surface area (Å²) >= 11 is 0. The number of nitrogens with zero attached hydrogens (tertiary/aromatic N) is 1. The Balaban J connectivity index is 2.01. The lowest BCUT2D eigenvalue weighted by atomic mass is 10.1. The molecule has 0 amide bonds. The van der Waals surface area contributed by atoms with Gasteiger partial charge in [0.05, 0.1) is 6.61 Å². The van der Waals surface area contributed by atoms with Crippen LogP contribution in [0.5, 0.6) is 0 Å². The molecule has 0 aliphatic carbocycles. The van der Waals surface area contributed by atoms with E-state index in [1.807, 2.05) is 0 Å². The fourth-order valence-corrected chi connectivity index (χ4v) is 2.34. The van der Waals surface area contributed by atoms with Gasteiger partial charge in [0.25, 0.3) is 0 Å². The van der Waals surface area contributed by atoms with Crippen LogP contribution in [0, 0.1) is 5.92 Å². The summed E-state index contributed by atoms with van der Waals surface area (Å²) in [4.78, 5) is 0. The number of nitrogens with one attached hydrogen (secondary N) is 1. The van der Waals surface area contributed by atoms with Gasteiger partial charge in [0.15, 0.2) is 0 Å². The Kier molecular flexibility index (Phi) is 5.83. The van der Waals surface area contributed by atoms with Crippen LogP contribution < -0.4 is 5.32 Å². The second-order valence-electron chi connectivity index (χ2n) is 6.41. The molecule has 1 aromatic carbocycles. The third kappa shape index (κ3) is 4.87. The topological polar surface area (TPSA) is 26.2 Å². The van der Waals surface area contributed by atoms with E-state index in [-0.39, 0.29) is 0 Å². The summed E-state index contributed by atoms with van der Waals surface area (Å²) in [6, 6.07) is 9.39. The molecule has 0 aliphatic heterocycles. The maximum Gasteiger partial charge on any atom is 0.0645 e. The largest absolute Gasteiger partial charge is 0.379 e. The van der Waals surface area contributed by atoms with E-state index in [1.165, 1.54) is 16.5 Å². The van der Waals surface area contributed by atoms with Crippen LogP contribution in [0.3, 0.4) is 0 Å². The smallest absolute Gasteiger partial charge is 0.0645 e. The van der Waals surface area contributed by atoms with Gasteiger partial charge in [0, 0.05) is 37.5 Å². The molecule has 116 valence electrons. The molecule has 0 saturated carbocycles. The predicted molar refractivity (Wildman–Crippen MR) is 89.6 cm³/mol. The van der Waals surface area contributed by atoms with Crippen LogP contribution in [0.25, 0.3) is 10.9 Å². The van der Waals surface area contributed by atoms with Crippen LogP contribution in [-0.4, -0.2) is 23.8 Å². The molecule has 1 aromatic heterocycles. The quantitative estimate of drug-likeness (QED) is 0.748. The van der Waals surface area contributed by atoms with Crippen molar-refractivity contribution in [1.82, 2.24) is 9.88 Å². The van der Waals surface area contributed by atoms with E-state index in [4.69, 9.17) is 4.74 Å². The molecular formula is C18H28N2O. The summed E-state index contributed by atoms with van der Waals surface area (Å²) < 4.78 is 7.98. The molecular weight excluding hydrogens is 260 g/mol. The number of hydrogen-bond donors (Lipinski definition) is 1. The van der Waals surface area contributed by atoms with E-state index in [1.54, 1.807) is 0 Å². The molecule has 2 aromatic rings. The van der Waals surface area contributed by atoms with E-state index in [0.29, 0.717) is 12.0 Å². The van der Waals surface area contributed by atoms with Crippen molar-refractivity contribution in [2.45, 2.75) is 46.8 Å². The number of hydrogen-bond acceptors (Lipinski definition) is 2. The van der Waals surface area contributed by atoms with Crippen molar-refractivity contribution in [2.24, 2.45) is 5.92 Å². The summed E-state index contributed by atoms with van der Waals surface area (Å²) in [6.07, 6.45) is 2.16. The number of rotatable bonds is 8. The zero-order valence-electron chi connectivity index (χ0n) is 13.7. The lowest BCUT2D eigenvalue weighted by molar-refractivity contribution is 0.104. The molecule has 0 bridgehead atoms. The first-order valence-corrected chi connectivity index (χ1v) is 7.95. The maximum atomic E-state index is 5.69. The van der Waals surface area contributed by atoms with E-state index in [2.05, 4.69) is 68.0 Å². The van der Waals surface area contributed by atoms with E-state index >= 15 is 0 Å². The molecule has 1 N–H and O–H groups in total. The molecule has 0 saturated heterocycles. The first-order chi connectivity index (χ1) is 10.1. The molecule has 0 spiro atoms. The maximum absolute atomic E-state index is 5.69. The zero-order valence-corrected chi connectivity index (χ0v) is 13.7. The molecule has 0 fully saturated rings. The molecule has 3 heteroatoms. The Labute approximate surface area is 128 Å². The summed E-state index contributed by atoms with van der Waals surface area (Å²) in [6.45, 7) is 12.2. The van der Waals surface area contributed by atoms with Crippen LogP contribution in [0.1, 0.15) is 33.3 Å². The van der Waals surface area contributed by atoms with Gasteiger partial charge in [-0.25, -0.2) is 0 Å². The van der Waals surface area contributed by atoms with Crippen LogP contribution in [0.2, 0.25) is 0 Å². The standard InChI is InChI=1S/C18H28N2O/c1-14(2)13-21-10-9-20-8-7-17-6-5-16(11-18(17)20)12-19-15(3)4/h5-8,11,14-15,19H,9-10,12-13H2,1-4H3. The molecule has 0 radical (unpaired) electrons. The minimum Gasteiger partial charge on any atom is -0.379 e. The van der Waals surface area contributed by atoms with Crippen molar-refractivity contribution < 1.29 is 4.74 Å². The van der Waals surface area contributed by atoms with Gasteiger partial charge in [-0.15, -0.1) is 0 Å². The molecule has 0 atom stereocenters. The summed E-state index contributed by atoms with van der Waals surface area (Å²) in [5, 5.41) is 4.77. The fraction of sp³-hybridized carbons (Fsp3) is 0.556. The molecule has 3 nitrogen and oxygen atoms in total. The summed E-state index contributed by atoms with van der Waals surface area (Å²) in [7, 11) is 0. The summed E-state index contributed by atoms with van der Waals surface area (Å²) in [5.41, 5.74) is 2.63. The highest BCUT2D eigenvalue weighted by Crippen LogP contribution is 2.18. The second kappa shape index (κ2) is 7.62. The Hall–Kier alpha value is -1.32. The Bertz CT molecular complexity index is 557. The minimum absolute atomic E-state index is 0.511. The lowest BCUT2D eigenvalue weighted by Gasteiger charge is -2.11. The lowest BCUT2D eigenvalue weighted by Crippen LogP contribution is -2.21. The van der Waals surface area contributed by atoms with E-state index < -0.39 is 0 Å². The van der Waals surface area contributed by atoms with Crippen molar-refractivity contribution in [3.63, 3.8) is 0 Å². The van der Waals surface area contributed by atoms with Gasteiger partial charge in [0.2, 0.25) is 0 Å². The van der Waals surface area contributed by atoms with Crippen LogP contribution >= 0.6 is 0 Å². The van der Waals surface area contributed by atoms with Crippen LogP contribution in [0.15, 0.2) is 30.5 Å². The average Bonchev–Trinajstić information content (AvgIpc) is 2.83. The number of aromatic nitrogens is 1. The van der Waals surface area contributed by atoms with Gasteiger partial charge in [-0.05, 0) is 29.0 Å². The Morgan fingerprint density at radius 3 is 2.67 bits per heavy atom. The Morgan fingerprint density at radius 2 is 1.95 bits per heavy atom. The van der Waals surface area contributed by atoms with Gasteiger partial charge in [-0.3, -0.25) is 0 Å². The van der Waals surface area contributed by atoms with Crippen molar-refractivity contribution in [3.05, 3.63) is 36.0 Å². The summed E-state index contributed by atoms with van der Waals surface area (Å²) in [5.74, 6) is 0.597. The predicted octanol–water partition coefficient (Wildman–Crippen LogP) is 3.81. The van der Waals surface area contributed by atoms with Crippen molar-refractivity contribution in [3.8, 4) is 0 Å². The molecule has 2 rings (SSSR count). The minimum atomic E-state index is 0.511. The van der Waals surface area contributed by atoms with Crippen LogP contribution in [0.4, 0.5) is 0 Å². The molecule has 21 heavy (non-hydrogen) atoms. The van der Waals surface area contributed by atoms with Crippen molar-refractivity contribution in [1.29, 1.82) is 0 Å². The highest BCUT2D eigenvalue weighted by molar-refractivity contribution is 5.80. The highest BCUT2D eigenvalue weighted by Gasteiger charge is 2.03. The SMILES string of the molecule is CC(C)COCCn1ccc2ccc(CNC(C)C)cc21. The van der Waals surface area contributed by atoms with E-state index in [0.717, 1.165) is 26.3 Å². The number of fused-ring (bicyclic) bond motifs is 1. The van der Waals surface area contributed by atoms with Gasteiger partial charge in [-0.1, -0.05) is 39.8 Å². The van der Waals surface area contributed by atoms with Crippen LogP contribution in [-0.2, 0) is 17.8 Å². The normalized spacial score (nSPS) is 11.9. The van der Waals surface area contributed by atoms with E-state index in [9.17, 15) is 0 Å². The zero-order chi connectivity index (χ0) is 15.2. The van der Waals surface area contributed by atoms with Crippen molar-refractivity contribution >= 4 is 10.9 Å². The fourth-order valence-electron chi connectivity index (χ4n) is 2.34. The number of ether oxygens (including phenoxy) is 1. The molecule has 0 unspecified atom stereocenters. The number of benzene rings is 1. The first-order valence-electron chi connectivity index (χ1n) is 7.95. The average molecular weight is 288 g/mol. The highest BCUT2D eigenvalue weighted by atomic mass is 16.5. The monoisotopic (exact) mass is 288 g/mol. The molecule has 0 aliphatic rings. The third-order valence-corrected chi connectivity index (χ3v) is 3.48. The first kappa shape index (κ1) is 16.1. The third-order valence-electron chi connectivity index (χ3n) is 3.48. The Morgan fingerprint density at radius 1 is 1.14 bits per heavy atom. The molecule has 1 heterocycles.